The molecule has 0 aliphatic carbocycles. The molecular formula is C14H16Cl2N4O2. The lowest BCUT2D eigenvalue weighted by Gasteiger charge is -2.07. The zero-order chi connectivity index (χ0) is 14.5. The fourth-order valence-electron chi connectivity index (χ4n) is 1.78. The fourth-order valence-corrected chi connectivity index (χ4v) is 1.78. The first-order valence-electron chi connectivity index (χ1n) is 5.85. The molecule has 0 saturated heterocycles. The van der Waals surface area contributed by atoms with E-state index in [4.69, 9.17) is 16.2 Å². The Morgan fingerprint density at radius 2 is 1.91 bits per heavy atom. The molecule has 0 spiro atoms. The summed E-state index contributed by atoms with van der Waals surface area (Å²) in [6.07, 6.45) is 1.61. The minimum Gasteiger partial charge on any atom is -0.465 e. The molecule has 0 fully saturated rings. The van der Waals surface area contributed by atoms with Gasteiger partial charge in [0.05, 0.1) is 24.1 Å². The Balaban J connectivity index is 0.00000220. The number of aliphatic imine (C=N–C) groups is 1. The number of aromatic nitrogens is 1. The Kier molecular flexibility index (Phi) is 7.93. The Hall–Kier alpha value is -2.31. The van der Waals surface area contributed by atoms with E-state index in [0.29, 0.717) is 16.9 Å². The first-order valence-corrected chi connectivity index (χ1v) is 5.85. The number of guanidine groups is 1. The van der Waals surface area contributed by atoms with Crippen LogP contribution in [0.3, 0.4) is 0 Å². The summed E-state index contributed by atoms with van der Waals surface area (Å²) in [7, 11) is 1.33. The first kappa shape index (κ1) is 19.7. The predicted molar refractivity (Wildman–Crippen MR) is 91.0 cm³/mol. The lowest BCUT2D eigenvalue weighted by molar-refractivity contribution is 0.0601. The summed E-state index contributed by atoms with van der Waals surface area (Å²) in [5, 5.41) is 0. The molecular weight excluding hydrogens is 327 g/mol. The van der Waals surface area contributed by atoms with Crippen LogP contribution in [-0.4, -0.2) is 24.0 Å². The van der Waals surface area contributed by atoms with Crippen LogP contribution in [0.5, 0.6) is 0 Å². The maximum atomic E-state index is 11.7. The highest BCUT2D eigenvalue weighted by molar-refractivity contribution is 5.96. The van der Waals surface area contributed by atoms with Gasteiger partial charge >= 0.3 is 5.97 Å². The number of nitrogens with zero attached hydrogens (tertiary/aromatic N) is 2. The Labute approximate surface area is 140 Å². The summed E-state index contributed by atoms with van der Waals surface area (Å²) in [5.74, 6) is -0.475. The van der Waals surface area contributed by atoms with Gasteiger partial charge in [0.1, 0.15) is 0 Å². The van der Waals surface area contributed by atoms with E-state index in [2.05, 4.69) is 9.98 Å². The molecule has 2 aromatic rings. The molecule has 0 amide bonds. The number of carbonyl (C=O) groups excluding carboxylic acids is 1. The summed E-state index contributed by atoms with van der Waals surface area (Å²) in [5.41, 5.74) is 12.9. The number of hydrogen-bond donors (Lipinski definition) is 2. The number of ether oxygens (including phenoxy) is 1. The molecule has 2 rings (SSSR count). The summed E-state index contributed by atoms with van der Waals surface area (Å²) >= 11 is 0. The summed E-state index contributed by atoms with van der Waals surface area (Å²) < 4.78 is 4.75. The first-order chi connectivity index (χ1) is 9.61. The molecule has 0 saturated carbocycles. The van der Waals surface area contributed by atoms with Gasteiger partial charge in [-0.25, -0.2) is 9.79 Å². The second-order valence-electron chi connectivity index (χ2n) is 3.98. The van der Waals surface area contributed by atoms with Crippen LogP contribution in [0.1, 0.15) is 10.4 Å². The van der Waals surface area contributed by atoms with Crippen molar-refractivity contribution in [1.82, 2.24) is 4.98 Å². The van der Waals surface area contributed by atoms with E-state index in [1.807, 2.05) is 6.07 Å². The highest BCUT2D eigenvalue weighted by Crippen LogP contribution is 2.25. The Bertz CT molecular complexity index is 673. The molecule has 8 heteroatoms. The molecule has 118 valence electrons. The van der Waals surface area contributed by atoms with Crippen LogP contribution in [0.25, 0.3) is 11.3 Å². The van der Waals surface area contributed by atoms with E-state index >= 15 is 0 Å². The molecule has 0 aliphatic heterocycles. The number of pyridine rings is 1. The van der Waals surface area contributed by atoms with Gasteiger partial charge in [-0.15, -0.1) is 24.8 Å². The molecule has 1 aromatic heterocycles. The maximum Gasteiger partial charge on any atom is 0.340 e. The lowest BCUT2D eigenvalue weighted by Crippen LogP contribution is -2.21. The number of methoxy groups -OCH3 is 1. The average Bonchev–Trinajstić information content (AvgIpc) is 2.46. The second-order valence-corrected chi connectivity index (χ2v) is 3.98. The summed E-state index contributed by atoms with van der Waals surface area (Å²) in [4.78, 5) is 19.9. The maximum absolute atomic E-state index is 11.7. The molecule has 0 atom stereocenters. The number of hydrogen-bond acceptors (Lipinski definition) is 4. The van der Waals surface area contributed by atoms with Crippen LogP contribution >= 0.6 is 24.8 Å². The fraction of sp³-hybridized carbons (Fsp3) is 0.0714. The predicted octanol–water partition coefficient (Wildman–Crippen LogP) is 2.28. The van der Waals surface area contributed by atoms with Crippen molar-refractivity contribution in [2.45, 2.75) is 0 Å². The topological polar surface area (TPSA) is 104 Å². The molecule has 6 nitrogen and oxygen atoms in total. The van der Waals surface area contributed by atoms with Crippen molar-refractivity contribution < 1.29 is 9.53 Å². The molecule has 0 unspecified atom stereocenters. The van der Waals surface area contributed by atoms with E-state index in [0.717, 1.165) is 5.56 Å². The van der Waals surface area contributed by atoms with Crippen molar-refractivity contribution in [3.05, 3.63) is 48.2 Å². The van der Waals surface area contributed by atoms with E-state index in [1.54, 1.807) is 36.5 Å². The van der Waals surface area contributed by atoms with Crippen LogP contribution in [0, 0.1) is 0 Å². The van der Waals surface area contributed by atoms with Crippen molar-refractivity contribution in [3.63, 3.8) is 0 Å². The van der Waals surface area contributed by atoms with E-state index in [-0.39, 0.29) is 30.8 Å². The quantitative estimate of drug-likeness (QED) is 0.505. The number of esters is 1. The standard InChI is InChI=1S/C14H14N4O2.2ClH/c1-20-13(19)11-6-3-7-17-12(11)9-4-2-5-10(8-9)18-14(15)16;;/h2-8H,1H3,(H4,15,16,18);2*1H. The van der Waals surface area contributed by atoms with Gasteiger partial charge in [0.2, 0.25) is 0 Å². The van der Waals surface area contributed by atoms with E-state index < -0.39 is 5.97 Å². The largest absolute Gasteiger partial charge is 0.465 e. The van der Waals surface area contributed by atoms with Gasteiger partial charge in [0, 0.05) is 11.8 Å². The highest BCUT2D eigenvalue weighted by atomic mass is 35.5. The Morgan fingerprint density at radius 3 is 2.55 bits per heavy atom. The number of benzene rings is 1. The van der Waals surface area contributed by atoms with Gasteiger partial charge in [0.15, 0.2) is 5.96 Å². The number of rotatable bonds is 3. The smallest absolute Gasteiger partial charge is 0.340 e. The molecule has 0 aliphatic rings. The lowest BCUT2D eigenvalue weighted by atomic mass is 10.1. The van der Waals surface area contributed by atoms with Crippen molar-refractivity contribution in [3.8, 4) is 11.3 Å². The monoisotopic (exact) mass is 342 g/mol. The Morgan fingerprint density at radius 1 is 1.18 bits per heavy atom. The van der Waals surface area contributed by atoms with Gasteiger partial charge in [-0.1, -0.05) is 12.1 Å². The molecule has 1 aromatic carbocycles. The third-order valence-electron chi connectivity index (χ3n) is 2.59. The van der Waals surface area contributed by atoms with Crippen LogP contribution < -0.4 is 11.5 Å². The van der Waals surface area contributed by atoms with Crippen molar-refractivity contribution in [2.24, 2.45) is 16.5 Å². The van der Waals surface area contributed by atoms with Crippen LogP contribution in [-0.2, 0) is 4.74 Å². The van der Waals surface area contributed by atoms with Gasteiger partial charge in [-0.3, -0.25) is 4.98 Å². The van der Waals surface area contributed by atoms with Crippen molar-refractivity contribution in [1.29, 1.82) is 0 Å². The van der Waals surface area contributed by atoms with Crippen molar-refractivity contribution in [2.75, 3.05) is 7.11 Å². The number of halogens is 2. The van der Waals surface area contributed by atoms with Gasteiger partial charge in [0.25, 0.3) is 0 Å². The van der Waals surface area contributed by atoms with Gasteiger partial charge < -0.3 is 16.2 Å². The molecule has 22 heavy (non-hydrogen) atoms. The molecule has 4 N–H and O–H groups in total. The normalized spacial score (nSPS) is 8.95. The summed E-state index contributed by atoms with van der Waals surface area (Å²) in [6.45, 7) is 0. The minimum atomic E-state index is -0.444. The minimum absolute atomic E-state index is 0. The summed E-state index contributed by atoms with van der Waals surface area (Å²) in [6, 6.07) is 10.4. The average molecular weight is 343 g/mol. The zero-order valence-electron chi connectivity index (χ0n) is 11.7. The van der Waals surface area contributed by atoms with E-state index in [9.17, 15) is 4.79 Å². The van der Waals surface area contributed by atoms with Crippen LogP contribution in [0.15, 0.2) is 47.6 Å². The highest BCUT2D eigenvalue weighted by Gasteiger charge is 2.14. The third kappa shape index (κ3) is 4.61. The third-order valence-corrected chi connectivity index (χ3v) is 2.59. The van der Waals surface area contributed by atoms with E-state index in [1.165, 1.54) is 7.11 Å². The van der Waals surface area contributed by atoms with Crippen LogP contribution in [0.2, 0.25) is 0 Å². The molecule has 0 radical (unpaired) electrons. The zero-order valence-corrected chi connectivity index (χ0v) is 13.4. The molecule has 0 bridgehead atoms. The SMILES string of the molecule is COC(=O)c1cccnc1-c1cccc(N=C(N)N)c1.Cl.Cl. The van der Waals surface area contributed by atoms with Crippen molar-refractivity contribution >= 4 is 42.4 Å². The number of nitrogens with two attached hydrogens (primary N) is 2. The van der Waals surface area contributed by atoms with Gasteiger partial charge in [-0.2, -0.15) is 0 Å². The number of carbonyl (C=O) groups is 1. The molecule has 1 heterocycles. The van der Waals surface area contributed by atoms with Gasteiger partial charge in [-0.05, 0) is 24.3 Å². The second kappa shape index (κ2) is 8.86. The van der Waals surface area contributed by atoms with Crippen LogP contribution in [0.4, 0.5) is 5.69 Å².